The van der Waals surface area contributed by atoms with Crippen molar-refractivity contribution in [3.63, 3.8) is 0 Å². The van der Waals surface area contributed by atoms with Crippen molar-refractivity contribution >= 4 is 17.9 Å². The van der Waals surface area contributed by atoms with Crippen LogP contribution in [0.15, 0.2) is 158 Å². The molecule has 1 unspecified atom stereocenters. The number of hydrogen-bond acceptors (Lipinski definition) is 6. The Balaban J connectivity index is 4.58. The lowest BCUT2D eigenvalue weighted by Gasteiger charge is -2.18. The van der Waals surface area contributed by atoms with Gasteiger partial charge in [0.25, 0.3) is 0 Å². The minimum Gasteiger partial charge on any atom is -0.462 e. The Hall–Kier alpha value is -4.97. The van der Waals surface area contributed by atoms with Gasteiger partial charge in [-0.15, -0.1) is 0 Å². The van der Waals surface area contributed by atoms with Gasteiger partial charge in [-0.05, 0) is 135 Å². The van der Waals surface area contributed by atoms with E-state index >= 15 is 0 Å². The third kappa shape index (κ3) is 54.0. The lowest BCUT2D eigenvalue weighted by molar-refractivity contribution is -0.167. The minimum absolute atomic E-state index is 0.128. The van der Waals surface area contributed by atoms with Gasteiger partial charge in [-0.25, -0.2) is 0 Å². The van der Waals surface area contributed by atoms with Gasteiger partial charge in [0, 0.05) is 19.3 Å². The van der Waals surface area contributed by atoms with E-state index in [9.17, 15) is 14.4 Å². The Kier molecular flexibility index (Phi) is 52.6. The van der Waals surface area contributed by atoms with Crippen LogP contribution in [0.25, 0.3) is 0 Å². The van der Waals surface area contributed by atoms with Gasteiger partial charge in [-0.3, -0.25) is 14.4 Å². The normalized spacial score (nSPS) is 13.4. The van der Waals surface area contributed by atoms with Crippen LogP contribution in [-0.2, 0) is 28.6 Å². The largest absolute Gasteiger partial charge is 0.462 e. The first kappa shape index (κ1) is 65.0. The van der Waals surface area contributed by atoms with Gasteiger partial charge >= 0.3 is 17.9 Å². The van der Waals surface area contributed by atoms with Crippen LogP contribution < -0.4 is 0 Å². The summed E-state index contributed by atoms with van der Waals surface area (Å²) in [6, 6.07) is 0. The van der Waals surface area contributed by atoms with Crippen LogP contribution in [0, 0.1) is 0 Å². The lowest BCUT2D eigenvalue weighted by Crippen LogP contribution is -2.30. The fourth-order valence-corrected chi connectivity index (χ4v) is 6.67. The first-order valence-corrected chi connectivity index (χ1v) is 27.5. The maximum absolute atomic E-state index is 12.8. The van der Waals surface area contributed by atoms with Gasteiger partial charge in [-0.2, -0.15) is 0 Å². The molecule has 0 aromatic heterocycles. The van der Waals surface area contributed by atoms with Crippen molar-refractivity contribution in [1.82, 2.24) is 0 Å². The molecule has 0 heterocycles. The third-order valence-corrected chi connectivity index (χ3v) is 10.7. The summed E-state index contributed by atoms with van der Waals surface area (Å²) < 4.78 is 16.7. The topological polar surface area (TPSA) is 78.9 Å². The first-order valence-electron chi connectivity index (χ1n) is 27.5. The highest BCUT2D eigenvalue weighted by atomic mass is 16.6. The van der Waals surface area contributed by atoms with Crippen LogP contribution >= 0.6 is 0 Å². The van der Waals surface area contributed by atoms with E-state index in [1.807, 2.05) is 0 Å². The number of rotatable bonds is 47. The molecule has 0 aliphatic heterocycles. The van der Waals surface area contributed by atoms with E-state index in [0.717, 1.165) is 135 Å². The van der Waals surface area contributed by atoms with E-state index in [-0.39, 0.29) is 44.0 Å². The van der Waals surface area contributed by atoms with Crippen molar-refractivity contribution in [3.8, 4) is 0 Å². The summed E-state index contributed by atoms with van der Waals surface area (Å²) in [5, 5.41) is 0. The smallest absolute Gasteiger partial charge is 0.306 e. The predicted molar refractivity (Wildman–Crippen MR) is 302 cm³/mol. The fourth-order valence-electron chi connectivity index (χ4n) is 6.67. The molecule has 0 spiro atoms. The minimum atomic E-state index is -0.837. The second-order valence-electron chi connectivity index (χ2n) is 17.4. The van der Waals surface area contributed by atoms with Gasteiger partial charge in [0.15, 0.2) is 6.10 Å². The summed E-state index contributed by atoms with van der Waals surface area (Å²) in [5.74, 6) is -1.06. The average molecular weight is 963 g/mol. The van der Waals surface area contributed by atoms with Crippen molar-refractivity contribution in [2.75, 3.05) is 13.2 Å². The van der Waals surface area contributed by atoms with Crippen molar-refractivity contribution in [2.45, 2.75) is 213 Å². The van der Waals surface area contributed by atoms with Crippen LogP contribution in [0.2, 0.25) is 0 Å². The van der Waals surface area contributed by atoms with Gasteiger partial charge in [0.1, 0.15) is 13.2 Å². The quantitative estimate of drug-likeness (QED) is 0.0262. The summed E-state index contributed by atoms with van der Waals surface area (Å²) in [5.41, 5.74) is 0. The molecule has 0 aliphatic carbocycles. The molecule has 0 saturated heterocycles. The van der Waals surface area contributed by atoms with Crippen LogP contribution in [0.5, 0.6) is 0 Å². The van der Waals surface area contributed by atoms with E-state index in [2.05, 4.69) is 179 Å². The van der Waals surface area contributed by atoms with Crippen LogP contribution in [0.1, 0.15) is 207 Å². The Morgan fingerprint density at radius 1 is 0.300 bits per heavy atom. The van der Waals surface area contributed by atoms with E-state index < -0.39 is 6.10 Å². The van der Waals surface area contributed by atoms with Gasteiger partial charge in [-0.1, -0.05) is 211 Å². The van der Waals surface area contributed by atoms with E-state index in [4.69, 9.17) is 14.2 Å². The molecule has 0 aromatic rings. The summed E-state index contributed by atoms with van der Waals surface area (Å²) in [7, 11) is 0. The number of unbranched alkanes of at least 4 members (excludes halogenated alkanes) is 10. The van der Waals surface area contributed by atoms with Crippen LogP contribution in [0.3, 0.4) is 0 Å². The van der Waals surface area contributed by atoms with Gasteiger partial charge in [0.05, 0.1) is 0 Å². The number of allylic oxidation sites excluding steroid dienone is 26. The van der Waals surface area contributed by atoms with E-state index in [1.165, 1.54) is 19.3 Å². The van der Waals surface area contributed by atoms with Crippen LogP contribution in [-0.4, -0.2) is 37.2 Å². The number of carbonyl (C=O) groups is 3. The molecule has 0 amide bonds. The summed E-state index contributed by atoms with van der Waals surface area (Å²) in [6.45, 7) is 6.25. The average Bonchev–Trinajstić information content (AvgIpc) is 3.36. The fraction of sp³-hybridized carbons (Fsp3) is 0.547. The molecule has 0 saturated carbocycles. The maximum Gasteiger partial charge on any atom is 0.306 e. The Morgan fingerprint density at radius 2 is 0.571 bits per heavy atom. The molecule has 0 radical (unpaired) electrons. The molecule has 0 fully saturated rings. The van der Waals surface area contributed by atoms with E-state index in [0.29, 0.717) is 19.3 Å². The zero-order valence-corrected chi connectivity index (χ0v) is 44.5. The number of ether oxygens (including phenoxy) is 3. The maximum atomic E-state index is 12.8. The molecule has 6 heteroatoms. The Labute approximate surface area is 429 Å². The molecule has 6 nitrogen and oxygen atoms in total. The standard InChI is InChI=1S/C64H98O6/c1-4-7-10-13-16-19-22-25-28-29-30-31-32-33-34-35-37-39-42-45-48-51-54-57-63(66)69-60-61(59-68-62(65)56-53-50-47-44-41-38-27-24-21-18-15-12-9-6-3)70-64(67)58-55-52-49-46-43-40-36-26-23-20-17-14-11-8-5-2/h7-8,10-11,15-20,24-28,30-31,33-34,36-37,39,43,45-46,48,61H,4-6,9,12-14,21-23,29,32,35,38,40-42,44,47,49-60H2,1-3H3/b10-7-,11-8-,18-15-,19-16-,20-17-,27-24-,28-25-,31-30-,34-33-,36-26-,39-37-,46-43-,48-45-. The summed E-state index contributed by atoms with van der Waals surface area (Å²) in [6.07, 6.45) is 82.4. The second-order valence-corrected chi connectivity index (χ2v) is 17.4. The molecule has 0 rings (SSSR count). The highest BCUT2D eigenvalue weighted by Gasteiger charge is 2.19. The Bertz CT molecular complexity index is 1620. The molecule has 70 heavy (non-hydrogen) atoms. The molecule has 0 bridgehead atoms. The van der Waals surface area contributed by atoms with Crippen molar-refractivity contribution in [1.29, 1.82) is 0 Å². The predicted octanol–water partition coefficient (Wildman–Crippen LogP) is 18.6. The number of esters is 3. The monoisotopic (exact) mass is 963 g/mol. The second kappa shape index (κ2) is 56.6. The molecule has 0 N–H and O–H groups in total. The Morgan fingerprint density at radius 3 is 0.957 bits per heavy atom. The summed E-state index contributed by atoms with van der Waals surface area (Å²) in [4.78, 5) is 38.1. The molecule has 1 atom stereocenters. The molecular weight excluding hydrogens is 865 g/mol. The van der Waals surface area contributed by atoms with Crippen molar-refractivity contribution < 1.29 is 28.6 Å². The van der Waals surface area contributed by atoms with Crippen molar-refractivity contribution in [2.24, 2.45) is 0 Å². The number of carbonyl (C=O) groups excluding carboxylic acids is 3. The SMILES string of the molecule is CC/C=C\C/C=C\C/C=C\C/C=C\C/C=C\C/C=C\C/C=C\CCCC(=O)OCC(COC(=O)CCCCCCC/C=C\C/C=C\CCCC)OC(=O)CCCC/C=C\C/C=C\C/C=C\C/C=C\CC. The van der Waals surface area contributed by atoms with Gasteiger partial charge < -0.3 is 14.2 Å². The van der Waals surface area contributed by atoms with E-state index in [1.54, 1.807) is 0 Å². The highest BCUT2D eigenvalue weighted by molar-refractivity contribution is 5.71. The van der Waals surface area contributed by atoms with Crippen LogP contribution in [0.4, 0.5) is 0 Å². The van der Waals surface area contributed by atoms with Gasteiger partial charge in [0.2, 0.25) is 0 Å². The number of hydrogen-bond donors (Lipinski definition) is 0. The first-order chi connectivity index (χ1) is 34.5. The summed E-state index contributed by atoms with van der Waals surface area (Å²) >= 11 is 0. The highest BCUT2D eigenvalue weighted by Crippen LogP contribution is 2.11. The molecule has 0 aromatic carbocycles. The zero-order valence-electron chi connectivity index (χ0n) is 44.5. The molecule has 390 valence electrons. The molecule has 0 aliphatic rings. The molecular formula is C64H98O6. The lowest BCUT2D eigenvalue weighted by atomic mass is 10.1. The third-order valence-electron chi connectivity index (χ3n) is 10.7. The zero-order chi connectivity index (χ0) is 50.7. The van der Waals surface area contributed by atoms with Crippen molar-refractivity contribution in [3.05, 3.63) is 158 Å².